The van der Waals surface area contributed by atoms with Crippen molar-refractivity contribution < 1.29 is 0 Å². The highest BCUT2D eigenvalue weighted by Gasteiger charge is 2.16. The molecule has 24 heavy (non-hydrogen) atoms. The minimum absolute atomic E-state index is 0.153. The SMILES string of the molecule is Cc1nc(N)nc(-n2c(Nc3cnccn3)nc3ccccc32)n1. The lowest BCUT2D eigenvalue weighted by Gasteiger charge is -2.09. The van der Waals surface area contributed by atoms with Gasteiger partial charge in [0.1, 0.15) is 5.82 Å². The van der Waals surface area contributed by atoms with Crippen molar-refractivity contribution in [3.05, 3.63) is 48.7 Å². The van der Waals surface area contributed by atoms with Crippen molar-refractivity contribution in [1.82, 2.24) is 34.5 Å². The van der Waals surface area contributed by atoms with Gasteiger partial charge in [-0.05, 0) is 19.1 Å². The molecule has 0 bridgehead atoms. The number of nitrogens with two attached hydrogens (primary N) is 1. The Morgan fingerprint density at radius 3 is 2.71 bits per heavy atom. The van der Waals surface area contributed by atoms with Crippen LogP contribution in [0.25, 0.3) is 17.0 Å². The Labute approximate surface area is 136 Å². The van der Waals surface area contributed by atoms with Crippen LogP contribution in [0, 0.1) is 6.92 Å². The van der Waals surface area contributed by atoms with Crippen molar-refractivity contribution in [2.45, 2.75) is 6.92 Å². The summed E-state index contributed by atoms with van der Waals surface area (Å²) in [6.07, 6.45) is 4.81. The number of benzene rings is 1. The van der Waals surface area contributed by atoms with E-state index in [1.165, 1.54) is 0 Å². The molecule has 0 radical (unpaired) electrons. The Balaban J connectivity index is 1.93. The Morgan fingerprint density at radius 1 is 1.04 bits per heavy atom. The highest BCUT2D eigenvalue weighted by Crippen LogP contribution is 2.24. The minimum atomic E-state index is 0.153. The summed E-state index contributed by atoms with van der Waals surface area (Å²) in [5.74, 6) is 2.15. The highest BCUT2D eigenvalue weighted by molar-refractivity contribution is 5.81. The Kier molecular flexibility index (Phi) is 3.23. The number of para-hydroxylation sites is 2. The average molecular weight is 319 g/mol. The number of nitrogens with one attached hydrogen (secondary N) is 1. The van der Waals surface area contributed by atoms with Crippen molar-refractivity contribution in [3.63, 3.8) is 0 Å². The lowest BCUT2D eigenvalue weighted by molar-refractivity contribution is 0.893. The normalized spacial score (nSPS) is 10.9. The van der Waals surface area contributed by atoms with Crippen LogP contribution >= 0.6 is 0 Å². The van der Waals surface area contributed by atoms with E-state index in [-0.39, 0.29) is 5.95 Å². The topological polar surface area (TPSA) is 120 Å². The fourth-order valence-corrected chi connectivity index (χ4v) is 2.38. The average Bonchev–Trinajstić information content (AvgIpc) is 2.92. The van der Waals surface area contributed by atoms with E-state index < -0.39 is 0 Å². The third-order valence-corrected chi connectivity index (χ3v) is 3.32. The van der Waals surface area contributed by atoms with E-state index in [0.717, 1.165) is 11.0 Å². The second-order valence-corrected chi connectivity index (χ2v) is 5.02. The summed E-state index contributed by atoms with van der Waals surface area (Å²) in [6.45, 7) is 1.76. The van der Waals surface area contributed by atoms with Crippen LogP contribution in [0.2, 0.25) is 0 Å². The van der Waals surface area contributed by atoms with E-state index in [4.69, 9.17) is 5.73 Å². The number of imidazole rings is 1. The predicted molar refractivity (Wildman–Crippen MR) is 88.9 cm³/mol. The molecule has 0 spiro atoms. The second kappa shape index (κ2) is 5.54. The van der Waals surface area contributed by atoms with Gasteiger partial charge in [-0.2, -0.15) is 15.0 Å². The first kappa shape index (κ1) is 14.0. The van der Waals surface area contributed by atoms with Gasteiger partial charge in [-0.15, -0.1) is 0 Å². The van der Waals surface area contributed by atoms with Crippen LogP contribution in [0.3, 0.4) is 0 Å². The molecule has 0 amide bonds. The van der Waals surface area contributed by atoms with E-state index in [1.807, 2.05) is 24.3 Å². The first-order chi connectivity index (χ1) is 11.7. The molecule has 9 heteroatoms. The van der Waals surface area contributed by atoms with Gasteiger partial charge in [-0.25, -0.2) is 14.5 Å². The Bertz CT molecular complexity index is 990. The molecule has 4 rings (SSSR count). The molecule has 0 aliphatic heterocycles. The van der Waals surface area contributed by atoms with Gasteiger partial charge in [0.15, 0.2) is 5.82 Å². The Hall–Kier alpha value is -3.62. The number of aromatic nitrogens is 7. The zero-order valence-electron chi connectivity index (χ0n) is 12.7. The predicted octanol–water partition coefficient (Wildman–Crippen LogP) is 1.63. The first-order valence-corrected chi connectivity index (χ1v) is 7.20. The zero-order chi connectivity index (χ0) is 16.5. The molecule has 0 atom stereocenters. The molecule has 118 valence electrons. The Morgan fingerprint density at radius 2 is 1.92 bits per heavy atom. The molecule has 0 saturated heterocycles. The molecule has 0 unspecified atom stereocenters. The van der Waals surface area contributed by atoms with Gasteiger partial charge >= 0.3 is 0 Å². The molecular weight excluding hydrogens is 306 g/mol. The summed E-state index contributed by atoms with van der Waals surface area (Å²) in [7, 11) is 0. The third kappa shape index (κ3) is 2.47. The van der Waals surface area contributed by atoms with Gasteiger partial charge in [0.2, 0.25) is 17.8 Å². The van der Waals surface area contributed by atoms with Crippen molar-refractivity contribution in [3.8, 4) is 5.95 Å². The summed E-state index contributed by atoms with van der Waals surface area (Å²) in [5.41, 5.74) is 7.41. The minimum Gasteiger partial charge on any atom is -0.368 e. The molecular formula is C15H13N9. The van der Waals surface area contributed by atoms with Gasteiger partial charge < -0.3 is 11.1 Å². The van der Waals surface area contributed by atoms with Crippen molar-refractivity contribution >= 4 is 28.7 Å². The number of nitrogens with zero attached hydrogens (tertiary/aromatic N) is 7. The van der Waals surface area contributed by atoms with Crippen molar-refractivity contribution in [1.29, 1.82) is 0 Å². The maximum Gasteiger partial charge on any atom is 0.242 e. The van der Waals surface area contributed by atoms with Crippen LogP contribution in [0.5, 0.6) is 0 Å². The molecule has 4 aromatic rings. The number of nitrogen functional groups attached to an aromatic ring is 1. The number of hydrogen-bond acceptors (Lipinski definition) is 8. The third-order valence-electron chi connectivity index (χ3n) is 3.32. The first-order valence-electron chi connectivity index (χ1n) is 7.20. The van der Waals surface area contributed by atoms with Crippen LogP contribution in [-0.4, -0.2) is 34.5 Å². The van der Waals surface area contributed by atoms with Crippen LogP contribution in [0.15, 0.2) is 42.9 Å². The number of aryl methyl sites for hydroxylation is 1. The van der Waals surface area contributed by atoms with Gasteiger partial charge in [0, 0.05) is 12.4 Å². The summed E-state index contributed by atoms with van der Waals surface area (Å²) in [6, 6.07) is 7.67. The molecule has 0 fully saturated rings. The van der Waals surface area contributed by atoms with E-state index in [0.29, 0.717) is 23.5 Å². The summed E-state index contributed by atoms with van der Waals surface area (Å²) in [5, 5.41) is 3.14. The lowest BCUT2D eigenvalue weighted by Crippen LogP contribution is -2.10. The van der Waals surface area contributed by atoms with Crippen LogP contribution in [0.4, 0.5) is 17.7 Å². The van der Waals surface area contributed by atoms with Gasteiger partial charge in [-0.3, -0.25) is 4.98 Å². The van der Waals surface area contributed by atoms with E-state index in [1.54, 1.807) is 30.1 Å². The summed E-state index contributed by atoms with van der Waals surface area (Å²) in [4.78, 5) is 25.5. The monoisotopic (exact) mass is 319 g/mol. The van der Waals surface area contributed by atoms with Crippen LogP contribution < -0.4 is 11.1 Å². The molecule has 9 nitrogen and oxygen atoms in total. The van der Waals surface area contributed by atoms with Gasteiger partial charge in [0.05, 0.1) is 17.2 Å². The van der Waals surface area contributed by atoms with E-state index in [2.05, 4.69) is 35.2 Å². The smallest absolute Gasteiger partial charge is 0.242 e. The summed E-state index contributed by atoms with van der Waals surface area (Å²) < 4.78 is 1.77. The molecule has 1 aromatic carbocycles. The van der Waals surface area contributed by atoms with E-state index >= 15 is 0 Å². The van der Waals surface area contributed by atoms with Crippen molar-refractivity contribution in [2.75, 3.05) is 11.1 Å². The lowest BCUT2D eigenvalue weighted by atomic mass is 10.3. The molecule has 3 aromatic heterocycles. The second-order valence-electron chi connectivity index (χ2n) is 5.02. The maximum absolute atomic E-state index is 5.77. The maximum atomic E-state index is 5.77. The van der Waals surface area contributed by atoms with Crippen molar-refractivity contribution in [2.24, 2.45) is 0 Å². The zero-order valence-corrected chi connectivity index (χ0v) is 12.7. The standard InChI is InChI=1S/C15H13N9/c1-9-19-13(16)23-14(20-9)24-11-5-3-2-4-10(11)21-15(24)22-12-8-17-6-7-18-12/h2-8H,1H3,(H,18,21,22)(H2,16,19,20,23). The molecule has 0 aliphatic carbocycles. The fourth-order valence-electron chi connectivity index (χ4n) is 2.38. The number of anilines is 3. The summed E-state index contributed by atoms with van der Waals surface area (Å²) >= 11 is 0. The quantitative estimate of drug-likeness (QED) is 0.584. The molecule has 3 heterocycles. The number of rotatable bonds is 3. The van der Waals surface area contributed by atoms with Crippen LogP contribution in [0.1, 0.15) is 5.82 Å². The van der Waals surface area contributed by atoms with Gasteiger partial charge in [-0.1, -0.05) is 12.1 Å². The number of fused-ring (bicyclic) bond motifs is 1. The van der Waals surface area contributed by atoms with Crippen LogP contribution in [-0.2, 0) is 0 Å². The highest BCUT2D eigenvalue weighted by atomic mass is 15.3. The van der Waals surface area contributed by atoms with E-state index in [9.17, 15) is 0 Å². The molecule has 0 saturated carbocycles. The number of hydrogen-bond donors (Lipinski definition) is 2. The fraction of sp³-hybridized carbons (Fsp3) is 0.0667. The molecule has 3 N–H and O–H groups in total. The largest absolute Gasteiger partial charge is 0.368 e. The van der Waals surface area contributed by atoms with Gasteiger partial charge in [0.25, 0.3) is 0 Å². The molecule has 0 aliphatic rings.